The molecule has 0 amide bonds. The molecule has 0 aliphatic heterocycles. The molecule has 0 unspecified atom stereocenters. The van der Waals surface area contributed by atoms with Crippen LogP contribution in [-0.2, 0) is 6.54 Å². The Kier molecular flexibility index (Phi) is 3.45. The number of hydrogen-bond donors (Lipinski definition) is 2. The van der Waals surface area contributed by atoms with Crippen LogP contribution in [0.15, 0.2) is 42.7 Å². The van der Waals surface area contributed by atoms with Crippen molar-refractivity contribution in [3.05, 3.63) is 48.3 Å². The summed E-state index contributed by atoms with van der Waals surface area (Å²) < 4.78 is 5.16. The van der Waals surface area contributed by atoms with Gasteiger partial charge in [0.2, 0.25) is 0 Å². The highest BCUT2D eigenvalue weighted by atomic mass is 16.5. The molecule has 1 aromatic heterocycles. The number of anilines is 2. The number of para-hydroxylation sites is 1. The predicted molar refractivity (Wildman–Crippen MR) is 69.0 cm³/mol. The van der Waals surface area contributed by atoms with Crippen LogP contribution in [0, 0.1) is 0 Å². The van der Waals surface area contributed by atoms with Crippen molar-refractivity contribution in [3.63, 3.8) is 0 Å². The first-order valence-corrected chi connectivity index (χ1v) is 5.36. The number of ether oxygens (including phenoxy) is 1. The molecular weight excluding hydrogens is 214 g/mol. The summed E-state index contributed by atoms with van der Waals surface area (Å²) in [5.41, 5.74) is 8.62. The van der Waals surface area contributed by atoms with Gasteiger partial charge in [0, 0.05) is 18.9 Å². The van der Waals surface area contributed by atoms with Gasteiger partial charge in [-0.3, -0.25) is 4.98 Å². The molecule has 0 atom stereocenters. The van der Waals surface area contributed by atoms with E-state index in [1.807, 2.05) is 30.3 Å². The number of nitrogens with two attached hydrogens (primary N) is 1. The Morgan fingerprint density at radius 3 is 2.71 bits per heavy atom. The summed E-state index contributed by atoms with van der Waals surface area (Å²) in [6.07, 6.45) is 3.54. The van der Waals surface area contributed by atoms with E-state index in [2.05, 4.69) is 10.3 Å². The van der Waals surface area contributed by atoms with Crippen molar-refractivity contribution in [2.24, 2.45) is 0 Å². The average molecular weight is 229 g/mol. The molecule has 0 aliphatic carbocycles. The Labute approximate surface area is 100 Å². The van der Waals surface area contributed by atoms with Gasteiger partial charge in [-0.1, -0.05) is 6.07 Å². The molecule has 1 aromatic carbocycles. The molecule has 0 saturated heterocycles. The topological polar surface area (TPSA) is 60.2 Å². The van der Waals surface area contributed by atoms with E-state index in [4.69, 9.17) is 10.5 Å². The number of nitrogen functional groups attached to an aromatic ring is 1. The molecule has 0 aliphatic rings. The second-order valence-electron chi connectivity index (χ2n) is 3.63. The van der Waals surface area contributed by atoms with E-state index in [1.54, 1.807) is 19.5 Å². The van der Waals surface area contributed by atoms with Gasteiger partial charge in [0.05, 0.1) is 18.5 Å². The van der Waals surface area contributed by atoms with Crippen molar-refractivity contribution in [2.45, 2.75) is 6.54 Å². The standard InChI is InChI=1S/C13H15N3O/c1-17-12-4-2-3-11(13(12)14)16-9-10-5-7-15-8-6-10/h2-8,16H,9,14H2,1H3. The van der Waals surface area contributed by atoms with Gasteiger partial charge >= 0.3 is 0 Å². The van der Waals surface area contributed by atoms with Crippen molar-refractivity contribution >= 4 is 11.4 Å². The van der Waals surface area contributed by atoms with Crippen LogP contribution in [0.25, 0.3) is 0 Å². The van der Waals surface area contributed by atoms with E-state index in [0.29, 0.717) is 18.0 Å². The minimum atomic E-state index is 0.629. The third kappa shape index (κ3) is 2.66. The zero-order valence-corrected chi connectivity index (χ0v) is 9.68. The fraction of sp³-hybridized carbons (Fsp3) is 0.154. The molecule has 0 spiro atoms. The molecule has 2 aromatic rings. The number of pyridine rings is 1. The van der Waals surface area contributed by atoms with Gasteiger partial charge < -0.3 is 15.8 Å². The SMILES string of the molecule is COc1cccc(NCc2ccncc2)c1N. The van der Waals surface area contributed by atoms with E-state index >= 15 is 0 Å². The highest BCUT2D eigenvalue weighted by Crippen LogP contribution is 2.29. The quantitative estimate of drug-likeness (QED) is 0.790. The van der Waals surface area contributed by atoms with Crippen molar-refractivity contribution < 1.29 is 4.74 Å². The highest BCUT2D eigenvalue weighted by molar-refractivity contribution is 5.72. The Hall–Kier alpha value is -2.23. The van der Waals surface area contributed by atoms with Gasteiger partial charge in [0.15, 0.2) is 0 Å². The number of nitrogens with one attached hydrogen (secondary N) is 1. The summed E-state index contributed by atoms with van der Waals surface area (Å²) in [7, 11) is 1.61. The maximum atomic E-state index is 5.96. The molecule has 88 valence electrons. The summed E-state index contributed by atoms with van der Waals surface area (Å²) in [6, 6.07) is 9.60. The molecule has 0 fully saturated rings. The second-order valence-corrected chi connectivity index (χ2v) is 3.63. The van der Waals surface area contributed by atoms with Crippen molar-refractivity contribution in [3.8, 4) is 5.75 Å². The van der Waals surface area contributed by atoms with Gasteiger partial charge in [0.1, 0.15) is 5.75 Å². The van der Waals surface area contributed by atoms with E-state index in [9.17, 15) is 0 Å². The van der Waals surface area contributed by atoms with Crippen LogP contribution < -0.4 is 15.8 Å². The van der Waals surface area contributed by atoms with Crippen LogP contribution in [0.1, 0.15) is 5.56 Å². The molecule has 4 nitrogen and oxygen atoms in total. The van der Waals surface area contributed by atoms with Gasteiger partial charge in [-0.25, -0.2) is 0 Å². The number of aromatic nitrogens is 1. The van der Waals surface area contributed by atoms with Crippen LogP contribution in [-0.4, -0.2) is 12.1 Å². The van der Waals surface area contributed by atoms with Gasteiger partial charge in [-0.15, -0.1) is 0 Å². The molecular formula is C13H15N3O. The lowest BCUT2D eigenvalue weighted by Gasteiger charge is -2.11. The van der Waals surface area contributed by atoms with E-state index in [-0.39, 0.29) is 0 Å². The summed E-state index contributed by atoms with van der Waals surface area (Å²) in [5, 5.41) is 3.27. The first-order valence-electron chi connectivity index (χ1n) is 5.36. The second kappa shape index (κ2) is 5.21. The van der Waals surface area contributed by atoms with Crippen molar-refractivity contribution in [2.75, 3.05) is 18.2 Å². The maximum Gasteiger partial charge on any atom is 0.143 e. The average Bonchev–Trinajstić information content (AvgIpc) is 2.39. The lowest BCUT2D eigenvalue weighted by molar-refractivity contribution is 0.417. The molecule has 2 rings (SSSR count). The maximum absolute atomic E-state index is 5.96. The number of methoxy groups -OCH3 is 1. The molecule has 0 radical (unpaired) electrons. The number of benzene rings is 1. The smallest absolute Gasteiger partial charge is 0.143 e. The van der Waals surface area contributed by atoms with Crippen LogP contribution >= 0.6 is 0 Å². The van der Waals surface area contributed by atoms with Crippen LogP contribution in [0.4, 0.5) is 11.4 Å². The molecule has 0 saturated carbocycles. The molecule has 0 bridgehead atoms. The van der Waals surface area contributed by atoms with Crippen LogP contribution in [0.2, 0.25) is 0 Å². The Morgan fingerprint density at radius 1 is 1.24 bits per heavy atom. The van der Waals surface area contributed by atoms with E-state index in [1.165, 1.54) is 0 Å². The third-order valence-electron chi connectivity index (χ3n) is 2.52. The predicted octanol–water partition coefficient (Wildman–Crippen LogP) is 2.28. The normalized spacial score (nSPS) is 9.94. The highest BCUT2D eigenvalue weighted by Gasteiger charge is 2.04. The summed E-state index contributed by atoms with van der Waals surface area (Å²) >= 11 is 0. The minimum Gasteiger partial charge on any atom is -0.495 e. The zero-order chi connectivity index (χ0) is 12.1. The van der Waals surface area contributed by atoms with Gasteiger partial charge in [-0.2, -0.15) is 0 Å². The first-order chi connectivity index (χ1) is 8.31. The molecule has 4 heteroatoms. The number of hydrogen-bond acceptors (Lipinski definition) is 4. The fourth-order valence-corrected chi connectivity index (χ4v) is 1.57. The van der Waals surface area contributed by atoms with Crippen molar-refractivity contribution in [1.82, 2.24) is 4.98 Å². The summed E-state index contributed by atoms with van der Waals surface area (Å²) in [4.78, 5) is 3.97. The van der Waals surface area contributed by atoms with Gasteiger partial charge in [0.25, 0.3) is 0 Å². The lowest BCUT2D eigenvalue weighted by Crippen LogP contribution is -2.03. The lowest BCUT2D eigenvalue weighted by atomic mass is 10.2. The monoisotopic (exact) mass is 229 g/mol. The van der Waals surface area contributed by atoms with Crippen molar-refractivity contribution in [1.29, 1.82) is 0 Å². The largest absolute Gasteiger partial charge is 0.495 e. The number of rotatable bonds is 4. The number of nitrogens with zero attached hydrogens (tertiary/aromatic N) is 1. The molecule has 1 heterocycles. The van der Waals surface area contributed by atoms with Crippen LogP contribution in [0.5, 0.6) is 5.75 Å². The summed E-state index contributed by atoms with van der Waals surface area (Å²) in [5.74, 6) is 0.685. The van der Waals surface area contributed by atoms with Gasteiger partial charge in [-0.05, 0) is 29.8 Å². The first kappa shape index (κ1) is 11.3. The third-order valence-corrected chi connectivity index (χ3v) is 2.52. The Morgan fingerprint density at radius 2 is 2.00 bits per heavy atom. The summed E-state index contributed by atoms with van der Waals surface area (Å²) in [6.45, 7) is 0.708. The minimum absolute atomic E-state index is 0.629. The Bertz CT molecular complexity index is 485. The molecule has 17 heavy (non-hydrogen) atoms. The van der Waals surface area contributed by atoms with E-state index in [0.717, 1.165) is 11.3 Å². The fourth-order valence-electron chi connectivity index (χ4n) is 1.57. The van der Waals surface area contributed by atoms with E-state index < -0.39 is 0 Å². The molecule has 3 N–H and O–H groups in total. The Balaban J connectivity index is 2.09. The van der Waals surface area contributed by atoms with Crippen LogP contribution in [0.3, 0.4) is 0 Å². The zero-order valence-electron chi connectivity index (χ0n) is 9.68.